The van der Waals surface area contributed by atoms with Gasteiger partial charge in [0.15, 0.2) is 11.5 Å². The standard InChI is InChI=1S/C21H28N2O5S/c1-4-5-12-28-19-11-10-18(13-20(19)27-3)21(24)23-14-16-6-8-17(9-7-16)15-29(25,26)22-2/h6-11,13,22H,4-5,12,14-15H2,1-3H3,(H,23,24). The van der Waals surface area contributed by atoms with E-state index in [1.54, 1.807) is 49.6 Å². The molecule has 0 aliphatic rings. The molecule has 2 N–H and O–H groups in total. The molecule has 0 bridgehead atoms. The predicted octanol–water partition coefficient (Wildman–Crippen LogP) is 2.85. The van der Waals surface area contributed by atoms with Crippen LogP contribution in [0, 0.1) is 0 Å². The van der Waals surface area contributed by atoms with E-state index in [1.807, 2.05) is 0 Å². The molecule has 0 aliphatic heterocycles. The molecule has 2 rings (SSSR count). The second-order valence-electron chi connectivity index (χ2n) is 6.53. The summed E-state index contributed by atoms with van der Waals surface area (Å²) in [6.07, 6.45) is 1.99. The third-order valence-electron chi connectivity index (χ3n) is 4.33. The fourth-order valence-electron chi connectivity index (χ4n) is 2.58. The highest BCUT2D eigenvalue weighted by atomic mass is 32.2. The van der Waals surface area contributed by atoms with Crippen molar-refractivity contribution in [1.82, 2.24) is 10.0 Å². The van der Waals surface area contributed by atoms with Crippen LogP contribution in [0.2, 0.25) is 0 Å². The van der Waals surface area contributed by atoms with Crippen molar-refractivity contribution >= 4 is 15.9 Å². The van der Waals surface area contributed by atoms with Gasteiger partial charge in [0.05, 0.1) is 19.5 Å². The first-order valence-electron chi connectivity index (χ1n) is 9.46. The maximum atomic E-state index is 12.5. The second kappa shape index (κ2) is 10.8. The maximum absolute atomic E-state index is 12.5. The van der Waals surface area contributed by atoms with Crippen molar-refractivity contribution in [2.75, 3.05) is 20.8 Å². The molecule has 0 unspecified atom stereocenters. The van der Waals surface area contributed by atoms with Crippen LogP contribution in [0.5, 0.6) is 11.5 Å². The van der Waals surface area contributed by atoms with Crippen molar-refractivity contribution in [3.05, 3.63) is 59.2 Å². The molecule has 0 aliphatic carbocycles. The van der Waals surface area contributed by atoms with Crippen molar-refractivity contribution < 1.29 is 22.7 Å². The summed E-state index contributed by atoms with van der Waals surface area (Å²) in [6, 6.07) is 12.2. The lowest BCUT2D eigenvalue weighted by Gasteiger charge is -2.12. The Bertz CT molecular complexity index is 911. The summed E-state index contributed by atoms with van der Waals surface area (Å²) in [7, 11) is -0.379. The van der Waals surface area contributed by atoms with E-state index < -0.39 is 10.0 Å². The van der Waals surface area contributed by atoms with Gasteiger partial charge in [0.1, 0.15) is 0 Å². The molecule has 1 amide bonds. The highest BCUT2D eigenvalue weighted by Crippen LogP contribution is 2.28. The van der Waals surface area contributed by atoms with Gasteiger partial charge in [-0.25, -0.2) is 13.1 Å². The molecule has 0 radical (unpaired) electrons. The normalized spacial score (nSPS) is 11.1. The summed E-state index contributed by atoms with van der Waals surface area (Å²) < 4.78 is 36.5. The summed E-state index contributed by atoms with van der Waals surface area (Å²) in [5.74, 6) is 0.821. The number of amides is 1. The largest absolute Gasteiger partial charge is 0.493 e. The van der Waals surface area contributed by atoms with Gasteiger partial charge >= 0.3 is 0 Å². The van der Waals surface area contributed by atoms with Gasteiger partial charge in [0, 0.05) is 12.1 Å². The number of benzene rings is 2. The lowest BCUT2D eigenvalue weighted by atomic mass is 10.1. The van der Waals surface area contributed by atoms with Crippen LogP contribution in [0.1, 0.15) is 41.3 Å². The monoisotopic (exact) mass is 420 g/mol. The van der Waals surface area contributed by atoms with Gasteiger partial charge in [-0.1, -0.05) is 37.6 Å². The molecule has 0 saturated carbocycles. The van der Waals surface area contributed by atoms with Gasteiger partial charge in [0.25, 0.3) is 5.91 Å². The molecule has 0 saturated heterocycles. The van der Waals surface area contributed by atoms with Crippen LogP contribution in [0.4, 0.5) is 0 Å². The molecule has 2 aromatic carbocycles. The van der Waals surface area contributed by atoms with E-state index in [0.29, 0.717) is 35.8 Å². The zero-order chi connectivity index (χ0) is 21.3. The summed E-state index contributed by atoms with van der Waals surface area (Å²) >= 11 is 0. The Kier molecular flexibility index (Phi) is 8.48. The van der Waals surface area contributed by atoms with Gasteiger partial charge < -0.3 is 14.8 Å². The predicted molar refractivity (Wildman–Crippen MR) is 113 cm³/mol. The number of rotatable bonds is 11. The smallest absolute Gasteiger partial charge is 0.251 e. The van der Waals surface area contributed by atoms with Crippen LogP contribution >= 0.6 is 0 Å². The Balaban J connectivity index is 1.96. The third-order valence-corrected chi connectivity index (χ3v) is 5.66. The molecule has 0 aromatic heterocycles. The number of unbranched alkanes of at least 4 members (excludes halogenated alkanes) is 1. The third kappa shape index (κ3) is 7.07. The van der Waals surface area contributed by atoms with Gasteiger partial charge in [-0.2, -0.15) is 0 Å². The Morgan fingerprint density at radius 3 is 2.34 bits per heavy atom. The molecule has 0 atom stereocenters. The SMILES string of the molecule is CCCCOc1ccc(C(=O)NCc2ccc(CS(=O)(=O)NC)cc2)cc1OC. The molecular weight excluding hydrogens is 392 g/mol. The number of ether oxygens (including phenoxy) is 2. The lowest BCUT2D eigenvalue weighted by molar-refractivity contribution is 0.0950. The quantitative estimate of drug-likeness (QED) is 0.545. The van der Waals surface area contributed by atoms with Crippen LogP contribution < -0.4 is 19.5 Å². The van der Waals surface area contributed by atoms with Crippen molar-refractivity contribution in [1.29, 1.82) is 0 Å². The summed E-state index contributed by atoms with van der Waals surface area (Å²) in [4.78, 5) is 12.5. The van der Waals surface area contributed by atoms with E-state index in [1.165, 1.54) is 7.05 Å². The minimum absolute atomic E-state index is 0.0807. The highest BCUT2D eigenvalue weighted by Gasteiger charge is 2.12. The van der Waals surface area contributed by atoms with Gasteiger partial charge in [-0.15, -0.1) is 0 Å². The van der Waals surface area contributed by atoms with Crippen LogP contribution in [-0.2, 0) is 22.3 Å². The van der Waals surface area contributed by atoms with Gasteiger partial charge in [0.2, 0.25) is 10.0 Å². The number of hydrogen-bond donors (Lipinski definition) is 2. The van der Waals surface area contributed by atoms with E-state index >= 15 is 0 Å². The lowest BCUT2D eigenvalue weighted by Crippen LogP contribution is -2.23. The van der Waals surface area contributed by atoms with E-state index in [2.05, 4.69) is 17.0 Å². The Morgan fingerprint density at radius 2 is 1.72 bits per heavy atom. The summed E-state index contributed by atoms with van der Waals surface area (Å²) in [5.41, 5.74) is 2.02. The maximum Gasteiger partial charge on any atom is 0.251 e. The van der Waals surface area contributed by atoms with Crippen molar-refractivity contribution in [3.63, 3.8) is 0 Å². The van der Waals surface area contributed by atoms with Crippen LogP contribution in [0.25, 0.3) is 0 Å². The van der Waals surface area contributed by atoms with Gasteiger partial charge in [-0.05, 0) is 42.8 Å². The zero-order valence-corrected chi connectivity index (χ0v) is 17.8. The molecule has 29 heavy (non-hydrogen) atoms. The molecule has 2 aromatic rings. The van der Waals surface area contributed by atoms with E-state index in [9.17, 15) is 13.2 Å². The molecule has 8 heteroatoms. The number of methoxy groups -OCH3 is 1. The summed E-state index contributed by atoms with van der Waals surface area (Å²) in [5, 5.41) is 2.85. The van der Waals surface area contributed by atoms with E-state index in [-0.39, 0.29) is 11.7 Å². The number of hydrogen-bond acceptors (Lipinski definition) is 5. The molecule has 0 heterocycles. The average Bonchev–Trinajstić information content (AvgIpc) is 2.73. The van der Waals surface area contributed by atoms with Crippen molar-refractivity contribution in [3.8, 4) is 11.5 Å². The fourth-order valence-corrected chi connectivity index (χ4v) is 3.36. The van der Waals surface area contributed by atoms with Crippen LogP contribution in [0.15, 0.2) is 42.5 Å². The Morgan fingerprint density at radius 1 is 1.03 bits per heavy atom. The first-order valence-corrected chi connectivity index (χ1v) is 11.1. The first-order chi connectivity index (χ1) is 13.9. The minimum Gasteiger partial charge on any atom is -0.493 e. The van der Waals surface area contributed by atoms with Crippen molar-refractivity contribution in [2.24, 2.45) is 0 Å². The van der Waals surface area contributed by atoms with E-state index in [4.69, 9.17) is 9.47 Å². The highest BCUT2D eigenvalue weighted by molar-refractivity contribution is 7.88. The molecule has 0 spiro atoms. The zero-order valence-electron chi connectivity index (χ0n) is 17.0. The second-order valence-corrected chi connectivity index (χ2v) is 8.46. The Labute approximate surface area is 172 Å². The molecule has 0 fully saturated rings. The van der Waals surface area contributed by atoms with E-state index in [0.717, 1.165) is 18.4 Å². The minimum atomic E-state index is -3.31. The topological polar surface area (TPSA) is 93.7 Å². The van der Waals surface area contributed by atoms with Gasteiger partial charge in [-0.3, -0.25) is 4.79 Å². The average molecular weight is 421 g/mol. The Hall–Kier alpha value is -2.58. The number of carbonyl (C=O) groups is 1. The van der Waals surface area contributed by atoms with Crippen LogP contribution in [-0.4, -0.2) is 35.1 Å². The molecular formula is C21H28N2O5S. The summed E-state index contributed by atoms with van der Waals surface area (Å²) in [6.45, 7) is 3.02. The fraction of sp³-hybridized carbons (Fsp3) is 0.381. The van der Waals surface area contributed by atoms with Crippen LogP contribution in [0.3, 0.4) is 0 Å². The molecule has 7 nitrogen and oxygen atoms in total. The molecule has 158 valence electrons. The van der Waals surface area contributed by atoms with Crippen molar-refractivity contribution in [2.45, 2.75) is 32.1 Å². The number of nitrogens with one attached hydrogen (secondary N) is 2. The number of sulfonamides is 1. The first kappa shape index (κ1) is 22.7. The number of carbonyl (C=O) groups excluding carboxylic acids is 1.